The lowest BCUT2D eigenvalue weighted by atomic mass is 9.85. The van der Waals surface area contributed by atoms with Gasteiger partial charge in [-0.05, 0) is 71.5 Å². The largest absolute Gasteiger partial charge is 0.493 e. The van der Waals surface area contributed by atoms with Crippen LogP contribution in [0.2, 0.25) is 0 Å². The smallest absolute Gasteiger partial charge is 0.130 e. The van der Waals surface area contributed by atoms with Crippen molar-refractivity contribution >= 4 is 21.5 Å². The van der Waals surface area contributed by atoms with Crippen LogP contribution in [0.3, 0.4) is 0 Å². The summed E-state index contributed by atoms with van der Waals surface area (Å²) >= 11 is 0. The molecule has 0 radical (unpaired) electrons. The first-order chi connectivity index (χ1) is 21.9. The molecule has 5 aromatic carbocycles. The fourth-order valence-corrected chi connectivity index (χ4v) is 6.86. The molecule has 2 aliphatic rings. The zero-order valence-electron chi connectivity index (χ0n) is 25.6. The zero-order valence-corrected chi connectivity index (χ0v) is 25.6. The van der Waals surface area contributed by atoms with Crippen molar-refractivity contribution in [2.45, 2.75) is 64.2 Å². The Morgan fingerprint density at radius 2 is 0.545 bits per heavy atom. The van der Waals surface area contributed by atoms with E-state index in [0.29, 0.717) is 26.4 Å². The first kappa shape index (κ1) is 28.6. The maximum atomic E-state index is 6.63. The summed E-state index contributed by atoms with van der Waals surface area (Å²) in [4.78, 5) is 0. The Balaban J connectivity index is 1.58. The fraction of sp³-hybridized carbons (Fsp3) is 0.350. The van der Waals surface area contributed by atoms with E-state index in [1.807, 2.05) is 0 Å². The molecule has 5 aromatic rings. The fourth-order valence-electron chi connectivity index (χ4n) is 6.86. The van der Waals surface area contributed by atoms with Gasteiger partial charge in [0.15, 0.2) is 0 Å². The summed E-state index contributed by atoms with van der Waals surface area (Å²) in [5, 5.41) is 4.65. The maximum absolute atomic E-state index is 6.63. The van der Waals surface area contributed by atoms with Gasteiger partial charge in [-0.3, -0.25) is 0 Å². The molecule has 7 rings (SSSR count). The molecule has 44 heavy (non-hydrogen) atoms. The predicted molar refractivity (Wildman–Crippen MR) is 180 cm³/mol. The minimum atomic E-state index is 0.688. The SMILES string of the molecule is c1cc2c3c(c1)OCCCCCCCOc1cccc(c1-c1c4ccccc4c-3c3ccccc13)OCCCCCCCO2. The van der Waals surface area contributed by atoms with Crippen LogP contribution < -0.4 is 18.9 Å². The summed E-state index contributed by atoms with van der Waals surface area (Å²) in [5.41, 5.74) is 4.39. The van der Waals surface area contributed by atoms with Crippen molar-refractivity contribution in [2.24, 2.45) is 0 Å². The first-order valence-corrected chi connectivity index (χ1v) is 16.6. The van der Waals surface area contributed by atoms with Crippen LogP contribution in [0.4, 0.5) is 0 Å². The molecule has 0 saturated heterocycles. The van der Waals surface area contributed by atoms with E-state index < -0.39 is 0 Å². The van der Waals surface area contributed by atoms with E-state index in [2.05, 4.69) is 84.9 Å². The first-order valence-electron chi connectivity index (χ1n) is 16.6. The van der Waals surface area contributed by atoms with Crippen molar-refractivity contribution in [1.29, 1.82) is 0 Å². The number of fused-ring (bicyclic) bond motifs is 1. The average Bonchev–Trinajstić information content (AvgIpc) is 3.06. The molecule has 0 fully saturated rings. The molecule has 4 nitrogen and oxygen atoms in total. The summed E-state index contributed by atoms with van der Waals surface area (Å²) in [5.74, 6) is 3.56. The molecule has 2 heterocycles. The van der Waals surface area contributed by atoms with E-state index in [9.17, 15) is 0 Å². The Morgan fingerprint density at radius 1 is 0.273 bits per heavy atom. The van der Waals surface area contributed by atoms with Crippen molar-refractivity contribution < 1.29 is 18.9 Å². The van der Waals surface area contributed by atoms with E-state index in [4.69, 9.17) is 18.9 Å². The summed E-state index contributed by atoms with van der Waals surface area (Å²) in [6.07, 6.45) is 11.0. The van der Waals surface area contributed by atoms with Crippen molar-refractivity contribution in [3.63, 3.8) is 0 Å². The van der Waals surface area contributed by atoms with Gasteiger partial charge in [-0.1, -0.05) is 99.2 Å². The van der Waals surface area contributed by atoms with Crippen molar-refractivity contribution in [3.05, 3.63) is 84.9 Å². The third-order valence-corrected chi connectivity index (χ3v) is 9.02. The number of hydrogen-bond donors (Lipinski definition) is 0. The predicted octanol–water partition coefficient (Wildman–Crippen LogP) is 10.8. The molecule has 0 aliphatic carbocycles. The van der Waals surface area contributed by atoms with Gasteiger partial charge >= 0.3 is 0 Å². The Kier molecular flexibility index (Phi) is 8.86. The van der Waals surface area contributed by atoms with Gasteiger partial charge in [0.2, 0.25) is 0 Å². The summed E-state index contributed by atoms with van der Waals surface area (Å²) in [6, 6.07) is 30.1. The van der Waals surface area contributed by atoms with Gasteiger partial charge in [0.1, 0.15) is 23.0 Å². The second-order valence-corrected chi connectivity index (χ2v) is 12.0. The molecular formula is C40H42O4. The highest BCUT2D eigenvalue weighted by Gasteiger charge is 2.25. The van der Waals surface area contributed by atoms with E-state index >= 15 is 0 Å². The lowest BCUT2D eigenvalue weighted by molar-refractivity contribution is 0.282. The Morgan fingerprint density at radius 3 is 0.841 bits per heavy atom. The van der Waals surface area contributed by atoms with Crippen molar-refractivity contribution in [3.8, 4) is 45.3 Å². The quantitative estimate of drug-likeness (QED) is 0.169. The number of ether oxygens (including phenoxy) is 4. The van der Waals surface area contributed by atoms with Gasteiger partial charge in [-0.2, -0.15) is 0 Å². The van der Waals surface area contributed by atoms with E-state index in [0.717, 1.165) is 118 Å². The molecule has 4 heteroatoms. The van der Waals surface area contributed by atoms with E-state index in [1.54, 1.807) is 0 Å². The van der Waals surface area contributed by atoms with Gasteiger partial charge < -0.3 is 18.9 Å². The van der Waals surface area contributed by atoms with Crippen molar-refractivity contribution in [1.82, 2.24) is 0 Å². The van der Waals surface area contributed by atoms with Gasteiger partial charge in [0.05, 0.1) is 37.6 Å². The van der Waals surface area contributed by atoms with Crippen LogP contribution in [-0.4, -0.2) is 26.4 Å². The minimum Gasteiger partial charge on any atom is -0.493 e. The molecule has 2 aliphatic heterocycles. The second kappa shape index (κ2) is 13.6. The third kappa shape index (κ3) is 5.83. The molecular weight excluding hydrogens is 544 g/mol. The molecule has 0 unspecified atom stereocenters. The van der Waals surface area contributed by atoms with Crippen LogP contribution in [0.5, 0.6) is 23.0 Å². The number of hydrogen-bond acceptors (Lipinski definition) is 4. The molecule has 0 spiro atoms. The molecule has 0 amide bonds. The highest BCUT2D eigenvalue weighted by atomic mass is 16.5. The third-order valence-electron chi connectivity index (χ3n) is 9.02. The van der Waals surface area contributed by atoms with Crippen LogP contribution in [0, 0.1) is 0 Å². The summed E-state index contributed by atoms with van der Waals surface area (Å²) in [7, 11) is 0. The Bertz CT molecular complexity index is 1500. The lowest BCUT2D eigenvalue weighted by Gasteiger charge is -2.23. The Hall–Kier alpha value is -4.18. The Labute approximate surface area is 260 Å². The highest BCUT2D eigenvalue weighted by molar-refractivity contribution is 6.23. The normalized spacial score (nSPS) is 16.5. The molecule has 0 aromatic heterocycles. The second-order valence-electron chi connectivity index (χ2n) is 12.0. The van der Waals surface area contributed by atoms with E-state index in [-0.39, 0.29) is 0 Å². The maximum Gasteiger partial charge on any atom is 0.130 e. The minimum absolute atomic E-state index is 0.688. The zero-order chi connectivity index (χ0) is 29.6. The topological polar surface area (TPSA) is 36.9 Å². The number of benzene rings is 5. The van der Waals surface area contributed by atoms with Crippen LogP contribution in [0.1, 0.15) is 64.2 Å². The van der Waals surface area contributed by atoms with Crippen LogP contribution in [0.15, 0.2) is 84.9 Å². The van der Waals surface area contributed by atoms with Gasteiger partial charge in [-0.15, -0.1) is 0 Å². The molecule has 0 atom stereocenters. The van der Waals surface area contributed by atoms with Crippen LogP contribution >= 0.6 is 0 Å². The van der Waals surface area contributed by atoms with Crippen molar-refractivity contribution in [2.75, 3.05) is 26.4 Å². The van der Waals surface area contributed by atoms with Gasteiger partial charge in [0, 0.05) is 11.1 Å². The standard InChI is InChI=1S/C40H42O4/c1-3-11-25-41-33-21-15-23-35-39(33)37-29-17-7-9-19-31(29)38(32-20-10-8-18-30(32)37)40-34(42-26-12-4-1)22-16-24-36(40)44-28-14-6-2-5-13-27-43-35/h7-10,15-24H,1-6,11-14,25-28H2. The molecule has 226 valence electrons. The monoisotopic (exact) mass is 586 g/mol. The number of rotatable bonds is 0. The molecule has 4 bridgehead atoms. The molecule has 0 saturated carbocycles. The molecule has 0 N–H and O–H groups in total. The lowest BCUT2D eigenvalue weighted by Crippen LogP contribution is -2.04. The summed E-state index contributed by atoms with van der Waals surface area (Å²) < 4.78 is 26.5. The van der Waals surface area contributed by atoms with Crippen LogP contribution in [0.25, 0.3) is 43.8 Å². The van der Waals surface area contributed by atoms with Gasteiger partial charge in [-0.25, -0.2) is 0 Å². The summed E-state index contributed by atoms with van der Waals surface area (Å²) in [6.45, 7) is 2.75. The van der Waals surface area contributed by atoms with Crippen LogP contribution in [-0.2, 0) is 0 Å². The van der Waals surface area contributed by atoms with Gasteiger partial charge in [0.25, 0.3) is 0 Å². The van der Waals surface area contributed by atoms with E-state index in [1.165, 1.54) is 12.8 Å². The average molecular weight is 587 g/mol. The highest BCUT2D eigenvalue weighted by Crippen LogP contribution is 2.52.